The van der Waals surface area contributed by atoms with E-state index >= 15 is 0 Å². The van der Waals surface area contributed by atoms with Crippen LogP contribution in [-0.2, 0) is 11.2 Å². The van der Waals surface area contributed by atoms with Crippen molar-refractivity contribution in [3.63, 3.8) is 0 Å². The summed E-state index contributed by atoms with van der Waals surface area (Å²) in [5, 5.41) is 0.170. The third kappa shape index (κ3) is 4.54. The molecular formula is C11H13Cl2NO. The number of carbonyl (C=O) groups excluding carboxylic acids is 1. The number of nitrogens with two attached hydrogens (primary N) is 1. The third-order valence-corrected chi connectivity index (χ3v) is 2.83. The Morgan fingerprint density at radius 2 is 1.93 bits per heavy atom. The Morgan fingerprint density at radius 1 is 1.33 bits per heavy atom. The van der Waals surface area contributed by atoms with Gasteiger partial charge in [0.15, 0.2) is 0 Å². The predicted molar refractivity (Wildman–Crippen MR) is 63.2 cm³/mol. The minimum atomic E-state index is -0.558. The molecule has 1 aromatic rings. The van der Waals surface area contributed by atoms with Gasteiger partial charge in [-0.05, 0) is 37.0 Å². The molecule has 1 aromatic carbocycles. The molecular weight excluding hydrogens is 233 g/mol. The van der Waals surface area contributed by atoms with Crippen LogP contribution in [0.3, 0.4) is 0 Å². The molecule has 0 spiro atoms. The van der Waals surface area contributed by atoms with E-state index in [2.05, 4.69) is 0 Å². The maximum Gasteiger partial charge on any atom is 0.235 e. The molecule has 0 bridgehead atoms. The maximum absolute atomic E-state index is 10.7. The largest absolute Gasteiger partial charge is 0.368 e. The fourth-order valence-electron chi connectivity index (χ4n) is 1.28. The topological polar surface area (TPSA) is 43.1 Å². The highest BCUT2D eigenvalue weighted by Crippen LogP contribution is 2.13. The Morgan fingerprint density at radius 3 is 2.47 bits per heavy atom. The maximum atomic E-state index is 10.7. The summed E-state index contributed by atoms with van der Waals surface area (Å²) in [6.07, 6.45) is 2.34. The van der Waals surface area contributed by atoms with Gasteiger partial charge in [0.2, 0.25) is 5.91 Å². The number of rotatable bonds is 5. The Balaban J connectivity index is 2.32. The van der Waals surface area contributed by atoms with Crippen LogP contribution >= 0.6 is 23.2 Å². The van der Waals surface area contributed by atoms with Crippen molar-refractivity contribution in [3.05, 3.63) is 34.9 Å². The summed E-state index contributed by atoms with van der Waals surface area (Å²) in [7, 11) is 0. The van der Waals surface area contributed by atoms with Crippen LogP contribution in [0, 0.1) is 0 Å². The molecule has 0 fully saturated rings. The number of alkyl halides is 1. The molecule has 82 valence electrons. The van der Waals surface area contributed by atoms with Crippen LogP contribution in [0.1, 0.15) is 18.4 Å². The first-order valence-corrected chi connectivity index (χ1v) is 5.59. The summed E-state index contributed by atoms with van der Waals surface area (Å²) in [5.74, 6) is -0.451. The lowest BCUT2D eigenvalue weighted by atomic mass is 10.1. The Kier molecular flexibility index (Phi) is 4.92. The van der Waals surface area contributed by atoms with Crippen LogP contribution in [0.25, 0.3) is 0 Å². The molecule has 0 aliphatic carbocycles. The van der Waals surface area contributed by atoms with Crippen LogP contribution in [0.4, 0.5) is 0 Å². The quantitative estimate of drug-likeness (QED) is 0.797. The van der Waals surface area contributed by atoms with E-state index in [0.717, 1.165) is 17.9 Å². The second kappa shape index (κ2) is 5.99. The molecule has 0 aromatic heterocycles. The van der Waals surface area contributed by atoms with Gasteiger partial charge in [-0.3, -0.25) is 4.79 Å². The fourth-order valence-corrected chi connectivity index (χ4v) is 1.56. The zero-order valence-corrected chi connectivity index (χ0v) is 9.76. The molecule has 4 heteroatoms. The molecule has 1 unspecified atom stereocenters. The van der Waals surface area contributed by atoms with Gasteiger partial charge in [-0.25, -0.2) is 0 Å². The van der Waals surface area contributed by atoms with Crippen molar-refractivity contribution in [2.24, 2.45) is 5.73 Å². The number of amides is 1. The van der Waals surface area contributed by atoms with Crippen LogP contribution < -0.4 is 5.73 Å². The molecule has 0 aliphatic rings. The van der Waals surface area contributed by atoms with E-state index in [1.807, 2.05) is 24.3 Å². The van der Waals surface area contributed by atoms with Gasteiger partial charge in [0, 0.05) is 5.02 Å². The van der Waals surface area contributed by atoms with Crippen molar-refractivity contribution in [3.8, 4) is 0 Å². The average Bonchev–Trinajstić information content (AvgIpc) is 2.20. The number of carbonyl (C=O) groups is 1. The van der Waals surface area contributed by atoms with Crippen molar-refractivity contribution in [2.45, 2.75) is 24.6 Å². The predicted octanol–water partition coefficient (Wildman–Crippen LogP) is 2.76. The van der Waals surface area contributed by atoms with Gasteiger partial charge in [0.05, 0.1) is 0 Å². The fraction of sp³-hybridized carbons (Fsp3) is 0.364. The molecule has 2 nitrogen and oxygen atoms in total. The second-order valence-corrected chi connectivity index (χ2v) is 4.35. The van der Waals surface area contributed by atoms with Crippen LogP contribution in [0.2, 0.25) is 5.02 Å². The lowest BCUT2D eigenvalue weighted by molar-refractivity contribution is -0.117. The number of primary amides is 1. The summed E-state index contributed by atoms with van der Waals surface area (Å²) >= 11 is 11.5. The molecule has 0 heterocycles. The lowest BCUT2D eigenvalue weighted by Crippen LogP contribution is -2.23. The number of benzene rings is 1. The highest BCUT2D eigenvalue weighted by molar-refractivity contribution is 6.30. The van der Waals surface area contributed by atoms with E-state index in [0.29, 0.717) is 6.42 Å². The normalized spacial score (nSPS) is 12.4. The molecule has 0 radical (unpaired) electrons. The zero-order valence-electron chi connectivity index (χ0n) is 8.25. The van der Waals surface area contributed by atoms with Crippen molar-refractivity contribution < 1.29 is 4.79 Å². The molecule has 0 aliphatic heterocycles. The monoisotopic (exact) mass is 245 g/mol. The highest BCUT2D eigenvalue weighted by Gasteiger charge is 2.10. The van der Waals surface area contributed by atoms with Crippen molar-refractivity contribution in [1.82, 2.24) is 0 Å². The van der Waals surface area contributed by atoms with Gasteiger partial charge >= 0.3 is 0 Å². The van der Waals surface area contributed by atoms with E-state index < -0.39 is 11.3 Å². The summed E-state index contributed by atoms with van der Waals surface area (Å²) in [5.41, 5.74) is 6.23. The summed E-state index contributed by atoms with van der Waals surface area (Å²) in [6.45, 7) is 0. The molecule has 2 N–H and O–H groups in total. The highest BCUT2D eigenvalue weighted by atomic mass is 35.5. The van der Waals surface area contributed by atoms with Crippen LogP contribution in [0.15, 0.2) is 24.3 Å². The van der Waals surface area contributed by atoms with E-state index in [9.17, 15) is 4.79 Å². The Bertz CT molecular complexity index is 324. The minimum Gasteiger partial charge on any atom is -0.368 e. The van der Waals surface area contributed by atoms with Gasteiger partial charge in [-0.1, -0.05) is 23.7 Å². The van der Waals surface area contributed by atoms with Crippen LogP contribution in [-0.4, -0.2) is 11.3 Å². The van der Waals surface area contributed by atoms with Gasteiger partial charge in [0.1, 0.15) is 5.38 Å². The van der Waals surface area contributed by atoms with Gasteiger partial charge in [-0.2, -0.15) is 0 Å². The van der Waals surface area contributed by atoms with E-state index in [1.165, 1.54) is 5.56 Å². The second-order valence-electron chi connectivity index (χ2n) is 3.39. The van der Waals surface area contributed by atoms with Gasteiger partial charge in [-0.15, -0.1) is 11.6 Å². The van der Waals surface area contributed by atoms with E-state index in [4.69, 9.17) is 28.9 Å². The zero-order chi connectivity index (χ0) is 11.3. The molecule has 1 atom stereocenters. The molecule has 0 saturated heterocycles. The number of hydrogen-bond donors (Lipinski definition) is 1. The molecule has 15 heavy (non-hydrogen) atoms. The van der Waals surface area contributed by atoms with Crippen molar-refractivity contribution in [2.75, 3.05) is 0 Å². The summed E-state index contributed by atoms with van der Waals surface area (Å²) in [6, 6.07) is 7.64. The minimum absolute atomic E-state index is 0.451. The van der Waals surface area contributed by atoms with Gasteiger partial charge < -0.3 is 5.73 Å². The first kappa shape index (κ1) is 12.3. The average molecular weight is 246 g/mol. The Labute approximate surface area is 99.4 Å². The molecule has 1 rings (SSSR count). The molecule has 0 saturated carbocycles. The number of hydrogen-bond acceptors (Lipinski definition) is 1. The van der Waals surface area contributed by atoms with Crippen molar-refractivity contribution >= 4 is 29.1 Å². The summed E-state index contributed by atoms with van der Waals surface area (Å²) < 4.78 is 0. The number of aryl methyl sites for hydroxylation is 1. The SMILES string of the molecule is NC(=O)C(Cl)CCCc1ccc(Cl)cc1. The first-order chi connectivity index (χ1) is 7.09. The van der Waals surface area contributed by atoms with Gasteiger partial charge in [0.25, 0.3) is 0 Å². The lowest BCUT2D eigenvalue weighted by Gasteiger charge is -2.04. The number of halogens is 2. The smallest absolute Gasteiger partial charge is 0.235 e. The summed E-state index contributed by atoms with van der Waals surface area (Å²) in [4.78, 5) is 10.7. The standard InChI is InChI=1S/C11H13Cl2NO/c12-9-6-4-8(5-7-9)2-1-3-10(13)11(14)15/h4-7,10H,1-3H2,(H2,14,15). The van der Waals surface area contributed by atoms with E-state index in [1.54, 1.807) is 0 Å². The van der Waals surface area contributed by atoms with Crippen LogP contribution in [0.5, 0.6) is 0 Å². The third-order valence-electron chi connectivity index (χ3n) is 2.15. The van der Waals surface area contributed by atoms with Crippen molar-refractivity contribution in [1.29, 1.82) is 0 Å². The Hall–Kier alpha value is -0.730. The first-order valence-electron chi connectivity index (χ1n) is 4.77. The van der Waals surface area contributed by atoms with E-state index in [-0.39, 0.29) is 0 Å². The molecule has 1 amide bonds.